The topological polar surface area (TPSA) is 86.8 Å². The van der Waals surface area contributed by atoms with E-state index in [9.17, 15) is 18.0 Å². The third kappa shape index (κ3) is 7.58. The van der Waals surface area contributed by atoms with Gasteiger partial charge in [0, 0.05) is 26.1 Å². The Morgan fingerprint density at radius 2 is 1.68 bits per heavy atom. The van der Waals surface area contributed by atoms with Gasteiger partial charge in [-0.25, -0.2) is 8.42 Å². The zero-order valence-electron chi connectivity index (χ0n) is 20.9. The third-order valence-electron chi connectivity index (χ3n) is 5.86. The van der Waals surface area contributed by atoms with Crippen LogP contribution in [0, 0.1) is 13.8 Å². The van der Waals surface area contributed by atoms with E-state index in [1.54, 1.807) is 11.0 Å². The molecule has 0 aromatic heterocycles. The fourth-order valence-corrected chi connectivity index (χ4v) is 4.83. The van der Waals surface area contributed by atoms with Gasteiger partial charge in [0.25, 0.3) is 0 Å². The number of benzene rings is 2. The standard InChI is InChI=1S/C26H37N3O4S/c1-6-24(26(31)27-7-2)28(19-22-12-9-8-10-13-22)25(30)14-11-17-29(34(5,32)33)23-16-15-20(3)21(4)18-23/h8-10,12-13,15-16,18,24H,6-7,11,14,17,19H2,1-5H3,(H,27,31). The summed E-state index contributed by atoms with van der Waals surface area (Å²) < 4.78 is 26.3. The Morgan fingerprint density at radius 1 is 1.00 bits per heavy atom. The van der Waals surface area contributed by atoms with Crippen LogP contribution in [0.3, 0.4) is 0 Å². The highest BCUT2D eigenvalue weighted by Crippen LogP contribution is 2.22. The van der Waals surface area contributed by atoms with Crippen LogP contribution < -0.4 is 9.62 Å². The lowest BCUT2D eigenvalue weighted by Crippen LogP contribution is -2.49. The van der Waals surface area contributed by atoms with Crippen molar-refractivity contribution in [1.82, 2.24) is 10.2 Å². The first-order valence-corrected chi connectivity index (χ1v) is 13.6. The summed E-state index contributed by atoms with van der Waals surface area (Å²) in [6.45, 7) is 8.64. The number of hydrogen-bond acceptors (Lipinski definition) is 4. The molecular weight excluding hydrogens is 450 g/mol. The highest BCUT2D eigenvalue weighted by Gasteiger charge is 2.28. The van der Waals surface area contributed by atoms with E-state index in [0.717, 1.165) is 16.7 Å². The van der Waals surface area contributed by atoms with Gasteiger partial charge in [0.05, 0.1) is 11.9 Å². The Kier molecular flexibility index (Phi) is 10.1. The maximum Gasteiger partial charge on any atom is 0.242 e. The molecule has 0 bridgehead atoms. The van der Waals surface area contributed by atoms with Crippen molar-refractivity contribution in [2.75, 3.05) is 23.7 Å². The van der Waals surface area contributed by atoms with E-state index in [4.69, 9.17) is 0 Å². The minimum absolute atomic E-state index is 0.138. The molecule has 8 heteroatoms. The minimum Gasteiger partial charge on any atom is -0.355 e. The molecule has 0 saturated carbocycles. The lowest BCUT2D eigenvalue weighted by atomic mass is 10.1. The molecular formula is C26H37N3O4S. The van der Waals surface area contributed by atoms with E-state index in [1.165, 1.54) is 10.6 Å². The number of carbonyl (C=O) groups excluding carboxylic acids is 2. The van der Waals surface area contributed by atoms with Gasteiger partial charge in [0.15, 0.2) is 0 Å². The number of hydrogen-bond donors (Lipinski definition) is 1. The molecule has 7 nitrogen and oxygen atoms in total. The van der Waals surface area contributed by atoms with Gasteiger partial charge < -0.3 is 10.2 Å². The Labute approximate surface area is 204 Å². The van der Waals surface area contributed by atoms with E-state index < -0.39 is 16.1 Å². The van der Waals surface area contributed by atoms with E-state index in [-0.39, 0.29) is 24.8 Å². The molecule has 0 radical (unpaired) electrons. The summed E-state index contributed by atoms with van der Waals surface area (Å²) in [4.78, 5) is 27.6. The second kappa shape index (κ2) is 12.6. The van der Waals surface area contributed by atoms with Crippen LogP contribution in [0.4, 0.5) is 5.69 Å². The minimum atomic E-state index is -3.51. The first kappa shape index (κ1) is 27.4. The summed E-state index contributed by atoms with van der Waals surface area (Å²) in [5.74, 6) is -0.349. The van der Waals surface area contributed by atoms with Crippen LogP contribution in [-0.4, -0.2) is 50.5 Å². The molecule has 2 aromatic carbocycles. The Bertz CT molecular complexity index is 1070. The van der Waals surface area contributed by atoms with E-state index in [0.29, 0.717) is 31.6 Å². The van der Waals surface area contributed by atoms with Gasteiger partial charge in [-0.2, -0.15) is 0 Å². The van der Waals surface area contributed by atoms with Gasteiger partial charge in [-0.15, -0.1) is 0 Å². The van der Waals surface area contributed by atoms with Crippen molar-refractivity contribution in [3.8, 4) is 0 Å². The van der Waals surface area contributed by atoms with Crippen LogP contribution in [0.5, 0.6) is 0 Å². The molecule has 2 amide bonds. The zero-order chi connectivity index (χ0) is 25.3. The normalized spacial score (nSPS) is 12.1. The Hall–Kier alpha value is -2.87. The molecule has 0 fully saturated rings. The molecule has 0 aliphatic rings. The summed E-state index contributed by atoms with van der Waals surface area (Å²) in [7, 11) is -3.51. The Balaban J connectivity index is 2.19. The maximum atomic E-state index is 13.3. The van der Waals surface area contributed by atoms with Gasteiger partial charge in [-0.05, 0) is 62.4 Å². The number of nitrogens with zero attached hydrogens (tertiary/aromatic N) is 2. The van der Waals surface area contributed by atoms with Gasteiger partial charge in [-0.3, -0.25) is 13.9 Å². The fourth-order valence-electron chi connectivity index (χ4n) is 3.88. The summed E-state index contributed by atoms with van der Waals surface area (Å²) in [5, 5.41) is 2.82. The molecule has 0 aliphatic carbocycles. The highest BCUT2D eigenvalue weighted by molar-refractivity contribution is 7.92. The average molecular weight is 488 g/mol. The van der Waals surface area contributed by atoms with Crippen LogP contribution in [-0.2, 0) is 26.2 Å². The molecule has 186 valence electrons. The van der Waals surface area contributed by atoms with Gasteiger partial charge in [0.1, 0.15) is 6.04 Å². The second-order valence-corrected chi connectivity index (χ2v) is 10.4. The van der Waals surface area contributed by atoms with Crippen LogP contribution in [0.2, 0.25) is 0 Å². The number of carbonyl (C=O) groups is 2. The number of rotatable bonds is 12. The van der Waals surface area contributed by atoms with E-state index >= 15 is 0 Å². The van der Waals surface area contributed by atoms with Crippen molar-refractivity contribution in [1.29, 1.82) is 0 Å². The van der Waals surface area contributed by atoms with Gasteiger partial charge in [-0.1, -0.05) is 43.3 Å². The smallest absolute Gasteiger partial charge is 0.242 e. The second-order valence-electron chi connectivity index (χ2n) is 8.53. The van der Waals surface area contributed by atoms with E-state index in [1.807, 2.05) is 70.2 Å². The monoisotopic (exact) mass is 487 g/mol. The summed E-state index contributed by atoms with van der Waals surface area (Å²) in [5.41, 5.74) is 3.61. The van der Waals surface area contributed by atoms with Crippen molar-refractivity contribution in [3.05, 3.63) is 65.2 Å². The molecule has 0 spiro atoms. The average Bonchev–Trinajstić information content (AvgIpc) is 2.78. The lowest BCUT2D eigenvalue weighted by molar-refractivity contribution is -0.141. The van der Waals surface area contributed by atoms with Crippen LogP contribution in [0.15, 0.2) is 48.5 Å². The van der Waals surface area contributed by atoms with Crippen LogP contribution >= 0.6 is 0 Å². The largest absolute Gasteiger partial charge is 0.355 e. The molecule has 1 atom stereocenters. The number of likely N-dealkylation sites (N-methyl/N-ethyl adjacent to an activating group) is 1. The Morgan fingerprint density at radius 3 is 2.24 bits per heavy atom. The molecule has 2 rings (SSSR count). The SMILES string of the molecule is CCNC(=O)C(CC)N(Cc1ccccc1)C(=O)CCCN(c1ccc(C)c(C)c1)S(C)(=O)=O. The number of amides is 2. The number of nitrogens with one attached hydrogen (secondary N) is 1. The third-order valence-corrected chi connectivity index (χ3v) is 7.06. The van der Waals surface area contributed by atoms with Gasteiger partial charge in [0.2, 0.25) is 21.8 Å². The molecule has 34 heavy (non-hydrogen) atoms. The molecule has 0 saturated heterocycles. The van der Waals surface area contributed by atoms with Gasteiger partial charge >= 0.3 is 0 Å². The number of anilines is 1. The van der Waals surface area contributed by atoms with Crippen LogP contribution in [0.1, 0.15) is 49.8 Å². The summed E-state index contributed by atoms with van der Waals surface area (Å²) in [6.07, 6.45) is 2.14. The fraction of sp³-hybridized carbons (Fsp3) is 0.462. The van der Waals surface area contributed by atoms with E-state index in [2.05, 4.69) is 5.32 Å². The molecule has 2 aromatic rings. The maximum absolute atomic E-state index is 13.3. The van der Waals surface area contributed by atoms with Crippen LogP contribution in [0.25, 0.3) is 0 Å². The van der Waals surface area contributed by atoms with Crippen molar-refractivity contribution in [3.63, 3.8) is 0 Å². The highest BCUT2D eigenvalue weighted by atomic mass is 32.2. The quantitative estimate of drug-likeness (QED) is 0.493. The van der Waals surface area contributed by atoms with Crippen molar-refractivity contribution in [2.45, 2.75) is 59.5 Å². The number of aryl methyl sites for hydroxylation is 2. The van der Waals surface area contributed by atoms with Crippen molar-refractivity contribution >= 4 is 27.5 Å². The molecule has 1 N–H and O–H groups in total. The summed E-state index contributed by atoms with van der Waals surface area (Å²) in [6, 6.07) is 14.5. The number of sulfonamides is 1. The zero-order valence-corrected chi connectivity index (χ0v) is 21.7. The van der Waals surface area contributed by atoms with Crippen molar-refractivity contribution in [2.24, 2.45) is 0 Å². The first-order valence-electron chi connectivity index (χ1n) is 11.7. The predicted molar refractivity (Wildman–Crippen MR) is 137 cm³/mol. The molecule has 0 heterocycles. The summed E-state index contributed by atoms with van der Waals surface area (Å²) >= 11 is 0. The van der Waals surface area contributed by atoms with Crippen molar-refractivity contribution < 1.29 is 18.0 Å². The molecule has 0 aliphatic heterocycles. The lowest BCUT2D eigenvalue weighted by Gasteiger charge is -2.31. The molecule has 1 unspecified atom stereocenters. The first-order chi connectivity index (χ1) is 16.1. The predicted octanol–water partition coefficient (Wildman–Crippen LogP) is 3.79.